The molecule has 2 atom stereocenters. The Morgan fingerprint density at radius 2 is 2.00 bits per heavy atom. The second kappa shape index (κ2) is 6.21. The fourth-order valence-electron chi connectivity index (χ4n) is 1.98. The molecule has 0 radical (unpaired) electrons. The molecule has 1 amide bonds. The van der Waals surface area contributed by atoms with Crippen molar-refractivity contribution in [1.29, 1.82) is 0 Å². The Kier molecular flexibility index (Phi) is 5.22. The molecular formula is C12H25N3O. The highest BCUT2D eigenvalue weighted by Crippen LogP contribution is 2.10. The quantitative estimate of drug-likeness (QED) is 0.765. The maximum absolute atomic E-state index is 12.1. The second-order valence-electron chi connectivity index (χ2n) is 4.89. The van der Waals surface area contributed by atoms with Gasteiger partial charge in [-0.3, -0.25) is 4.79 Å². The third kappa shape index (κ3) is 3.46. The summed E-state index contributed by atoms with van der Waals surface area (Å²) in [6.45, 7) is 7.83. The number of nitrogens with zero attached hydrogens (tertiary/aromatic N) is 2. The average Bonchev–Trinajstić information content (AvgIpc) is 2.51. The molecule has 1 fully saturated rings. The van der Waals surface area contributed by atoms with Crippen LogP contribution in [0.3, 0.4) is 0 Å². The Morgan fingerprint density at radius 3 is 2.62 bits per heavy atom. The van der Waals surface area contributed by atoms with Gasteiger partial charge in [0.05, 0.1) is 6.04 Å². The minimum atomic E-state index is -0.326. The number of likely N-dealkylation sites (N-methyl/N-ethyl adjacent to an activating group) is 1. The first kappa shape index (κ1) is 13.5. The van der Waals surface area contributed by atoms with E-state index in [0.717, 1.165) is 39.0 Å². The SMILES string of the molecule is CCC(C)[C@H](N)C(=O)N1CCCN(C)CC1. The summed E-state index contributed by atoms with van der Waals surface area (Å²) in [7, 11) is 2.10. The zero-order valence-electron chi connectivity index (χ0n) is 10.8. The summed E-state index contributed by atoms with van der Waals surface area (Å²) in [5.74, 6) is 0.401. The maximum Gasteiger partial charge on any atom is 0.239 e. The van der Waals surface area contributed by atoms with Crippen LogP contribution in [0.25, 0.3) is 0 Å². The minimum absolute atomic E-state index is 0.129. The first-order chi connectivity index (χ1) is 7.56. The van der Waals surface area contributed by atoms with Crippen molar-refractivity contribution < 1.29 is 4.79 Å². The fraction of sp³-hybridized carbons (Fsp3) is 0.917. The van der Waals surface area contributed by atoms with Crippen LogP contribution < -0.4 is 5.73 Å². The van der Waals surface area contributed by atoms with Crippen molar-refractivity contribution in [3.8, 4) is 0 Å². The van der Waals surface area contributed by atoms with Gasteiger partial charge < -0.3 is 15.5 Å². The number of amides is 1. The standard InChI is InChI=1S/C12H25N3O/c1-4-10(2)11(13)12(16)15-7-5-6-14(3)8-9-15/h10-11H,4-9,13H2,1-3H3/t10?,11-/m0/s1. The third-order valence-electron chi connectivity index (χ3n) is 3.57. The molecule has 0 aromatic rings. The van der Waals surface area contributed by atoms with Crippen molar-refractivity contribution >= 4 is 5.91 Å². The Hall–Kier alpha value is -0.610. The molecule has 4 nitrogen and oxygen atoms in total. The van der Waals surface area contributed by atoms with Crippen LogP contribution in [0, 0.1) is 5.92 Å². The monoisotopic (exact) mass is 227 g/mol. The number of hydrogen-bond donors (Lipinski definition) is 1. The predicted octanol–water partition coefficient (Wildman–Crippen LogP) is 0.524. The summed E-state index contributed by atoms with van der Waals surface area (Å²) < 4.78 is 0. The van der Waals surface area contributed by atoms with Crippen LogP contribution in [0.4, 0.5) is 0 Å². The van der Waals surface area contributed by atoms with Crippen LogP contribution in [0.2, 0.25) is 0 Å². The van der Waals surface area contributed by atoms with Crippen LogP contribution in [-0.4, -0.2) is 55.0 Å². The molecule has 16 heavy (non-hydrogen) atoms. The lowest BCUT2D eigenvalue weighted by atomic mass is 9.99. The number of rotatable bonds is 3. The predicted molar refractivity (Wildman–Crippen MR) is 66.1 cm³/mol. The van der Waals surface area contributed by atoms with E-state index in [2.05, 4.69) is 18.9 Å². The normalized spacial score (nSPS) is 22.6. The van der Waals surface area contributed by atoms with Gasteiger partial charge in [0.25, 0.3) is 0 Å². The van der Waals surface area contributed by atoms with E-state index in [-0.39, 0.29) is 17.9 Å². The van der Waals surface area contributed by atoms with E-state index in [0.29, 0.717) is 0 Å². The molecule has 1 heterocycles. The van der Waals surface area contributed by atoms with Crippen LogP contribution in [0.5, 0.6) is 0 Å². The van der Waals surface area contributed by atoms with Crippen molar-refractivity contribution in [3.63, 3.8) is 0 Å². The molecule has 0 saturated carbocycles. The highest BCUT2D eigenvalue weighted by Gasteiger charge is 2.25. The molecule has 1 saturated heterocycles. The molecule has 0 aromatic carbocycles. The molecule has 2 N–H and O–H groups in total. The molecule has 0 aromatic heterocycles. The van der Waals surface area contributed by atoms with Crippen molar-refractivity contribution in [2.75, 3.05) is 33.2 Å². The lowest BCUT2D eigenvalue weighted by Crippen LogP contribution is -2.48. The van der Waals surface area contributed by atoms with E-state index in [1.807, 2.05) is 11.8 Å². The van der Waals surface area contributed by atoms with Crippen molar-refractivity contribution in [2.24, 2.45) is 11.7 Å². The zero-order valence-corrected chi connectivity index (χ0v) is 10.8. The van der Waals surface area contributed by atoms with Gasteiger partial charge in [-0.05, 0) is 25.9 Å². The minimum Gasteiger partial charge on any atom is -0.340 e. The topological polar surface area (TPSA) is 49.6 Å². The Morgan fingerprint density at radius 1 is 1.31 bits per heavy atom. The average molecular weight is 227 g/mol. The lowest BCUT2D eigenvalue weighted by Gasteiger charge is -2.26. The van der Waals surface area contributed by atoms with Gasteiger partial charge in [-0.1, -0.05) is 20.3 Å². The highest BCUT2D eigenvalue weighted by atomic mass is 16.2. The molecule has 1 unspecified atom stereocenters. The molecule has 0 spiro atoms. The Bertz CT molecular complexity index is 232. The number of nitrogens with two attached hydrogens (primary N) is 1. The Balaban J connectivity index is 2.52. The van der Waals surface area contributed by atoms with Gasteiger partial charge in [0, 0.05) is 19.6 Å². The van der Waals surface area contributed by atoms with E-state index in [9.17, 15) is 4.79 Å². The van der Waals surface area contributed by atoms with Gasteiger partial charge in [-0.15, -0.1) is 0 Å². The molecule has 0 bridgehead atoms. The smallest absolute Gasteiger partial charge is 0.239 e. The van der Waals surface area contributed by atoms with E-state index in [1.54, 1.807) is 0 Å². The summed E-state index contributed by atoms with van der Waals surface area (Å²) in [4.78, 5) is 16.3. The van der Waals surface area contributed by atoms with Crippen molar-refractivity contribution in [3.05, 3.63) is 0 Å². The highest BCUT2D eigenvalue weighted by molar-refractivity contribution is 5.82. The zero-order chi connectivity index (χ0) is 12.1. The molecular weight excluding hydrogens is 202 g/mol. The third-order valence-corrected chi connectivity index (χ3v) is 3.57. The van der Waals surface area contributed by atoms with E-state index < -0.39 is 0 Å². The lowest BCUT2D eigenvalue weighted by molar-refractivity contribution is -0.133. The molecule has 1 aliphatic rings. The van der Waals surface area contributed by atoms with Crippen LogP contribution in [0.15, 0.2) is 0 Å². The van der Waals surface area contributed by atoms with Crippen LogP contribution in [0.1, 0.15) is 26.7 Å². The first-order valence-corrected chi connectivity index (χ1v) is 6.29. The summed E-state index contributed by atoms with van der Waals surface area (Å²) in [5, 5.41) is 0. The maximum atomic E-state index is 12.1. The largest absolute Gasteiger partial charge is 0.340 e. The van der Waals surface area contributed by atoms with E-state index >= 15 is 0 Å². The number of hydrogen-bond acceptors (Lipinski definition) is 3. The molecule has 94 valence electrons. The summed E-state index contributed by atoms with van der Waals surface area (Å²) in [5.41, 5.74) is 5.98. The van der Waals surface area contributed by atoms with E-state index in [1.165, 1.54) is 0 Å². The van der Waals surface area contributed by atoms with Crippen molar-refractivity contribution in [2.45, 2.75) is 32.7 Å². The first-order valence-electron chi connectivity index (χ1n) is 6.29. The molecule has 1 rings (SSSR count). The van der Waals surface area contributed by atoms with Crippen LogP contribution >= 0.6 is 0 Å². The second-order valence-corrected chi connectivity index (χ2v) is 4.89. The van der Waals surface area contributed by atoms with Gasteiger partial charge in [0.1, 0.15) is 0 Å². The summed E-state index contributed by atoms with van der Waals surface area (Å²) in [6.07, 6.45) is 2.01. The van der Waals surface area contributed by atoms with Crippen LogP contribution in [-0.2, 0) is 4.79 Å². The van der Waals surface area contributed by atoms with Gasteiger partial charge in [0.15, 0.2) is 0 Å². The van der Waals surface area contributed by atoms with Crippen molar-refractivity contribution in [1.82, 2.24) is 9.80 Å². The molecule has 0 aliphatic carbocycles. The van der Waals surface area contributed by atoms with Gasteiger partial charge in [-0.25, -0.2) is 0 Å². The van der Waals surface area contributed by atoms with Gasteiger partial charge >= 0.3 is 0 Å². The fourth-order valence-corrected chi connectivity index (χ4v) is 1.98. The Labute approximate surface area is 98.8 Å². The molecule has 4 heteroatoms. The van der Waals surface area contributed by atoms with E-state index in [4.69, 9.17) is 5.73 Å². The summed E-state index contributed by atoms with van der Waals surface area (Å²) in [6, 6.07) is -0.326. The number of carbonyl (C=O) groups is 1. The summed E-state index contributed by atoms with van der Waals surface area (Å²) >= 11 is 0. The molecule has 1 aliphatic heterocycles. The number of carbonyl (C=O) groups excluding carboxylic acids is 1. The van der Waals surface area contributed by atoms with Gasteiger partial charge in [0.2, 0.25) is 5.91 Å². The van der Waals surface area contributed by atoms with Gasteiger partial charge in [-0.2, -0.15) is 0 Å².